The molecule has 0 aromatic heterocycles. The minimum absolute atomic E-state index is 0.356. The predicted molar refractivity (Wildman–Crippen MR) is 55.3 cm³/mol. The third-order valence-corrected chi connectivity index (χ3v) is 1.33. The van der Waals surface area contributed by atoms with Crippen molar-refractivity contribution in [1.82, 2.24) is 0 Å². The topological polar surface area (TPSA) is 12.4 Å². The van der Waals surface area contributed by atoms with Crippen LogP contribution in [0.15, 0.2) is 29.4 Å². The number of nitrogens with zero attached hydrogens (tertiary/aromatic N) is 1. The summed E-state index contributed by atoms with van der Waals surface area (Å²) in [5.74, 6) is 5.67. The van der Waals surface area contributed by atoms with E-state index < -0.39 is 0 Å². The third-order valence-electron chi connectivity index (χ3n) is 1.00. The molecule has 1 nitrogen and oxygen atoms in total. The Hall–Kier alpha value is -1.00. The van der Waals surface area contributed by atoms with Crippen LogP contribution in [0.2, 0.25) is 0 Å². The Morgan fingerprint density at radius 3 is 2.83 bits per heavy atom. The van der Waals surface area contributed by atoms with Crippen molar-refractivity contribution in [3.05, 3.63) is 24.4 Å². The second kappa shape index (κ2) is 6.69. The molecule has 0 heterocycles. The van der Waals surface area contributed by atoms with E-state index in [0.717, 1.165) is 6.42 Å². The maximum atomic E-state index is 5.74. The number of halogens is 1. The molecule has 0 aliphatic heterocycles. The van der Waals surface area contributed by atoms with E-state index in [0.29, 0.717) is 10.7 Å². The molecule has 0 rings (SSSR count). The highest BCUT2D eigenvalue weighted by Crippen LogP contribution is 1.99. The Kier molecular flexibility index (Phi) is 6.14. The highest BCUT2D eigenvalue weighted by molar-refractivity contribution is 6.70. The Morgan fingerprint density at radius 2 is 2.33 bits per heavy atom. The van der Waals surface area contributed by atoms with E-state index in [1.807, 2.05) is 13.8 Å². The molecule has 12 heavy (non-hydrogen) atoms. The molecule has 0 amide bonds. The van der Waals surface area contributed by atoms with Crippen LogP contribution < -0.4 is 0 Å². The summed E-state index contributed by atoms with van der Waals surface area (Å²) < 4.78 is 0. The first kappa shape index (κ1) is 11.0. The number of allylic oxidation sites excluding steroid dienone is 2. The molecule has 0 saturated carbocycles. The average molecular weight is 182 g/mol. The molecule has 64 valence electrons. The minimum atomic E-state index is 0.356. The Balaban J connectivity index is 4.29. The molecule has 0 atom stereocenters. The maximum Gasteiger partial charge on any atom is 0.143 e. The van der Waals surface area contributed by atoms with Gasteiger partial charge in [-0.25, -0.2) is 4.99 Å². The number of hydrogen-bond acceptors (Lipinski definition) is 1. The molecule has 0 fully saturated rings. The summed E-state index contributed by atoms with van der Waals surface area (Å²) in [6.07, 6.45) is 4.21. The van der Waals surface area contributed by atoms with Gasteiger partial charge in [-0.1, -0.05) is 43.0 Å². The van der Waals surface area contributed by atoms with Crippen molar-refractivity contribution in [3.63, 3.8) is 0 Å². The van der Waals surface area contributed by atoms with Crippen molar-refractivity contribution in [1.29, 1.82) is 0 Å². The molecule has 0 spiro atoms. The van der Waals surface area contributed by atoms with E-state index >= 15 is 0 Å². The molecule has 0 bridgehead atoms. The summed E-state index contributed by atoms with van der Waals surface area (Å²) in [5.41, 5.74) is 0.566. The highest BCUT2D eigenvalue weighted by Gasteiger charge is 1.93. The largest absolute Gasteiger partial charge is 0.244 e. The summed E-state index contributed by atoms with van der Waals surface area (Å²) >= 11 is 5.74. The Morgan fingerprint density at radius 1 is 1.67 bits per heavy atom. The first-order valence-electron chi connectivity index (χ1n) is 3.75. The number of aliphatic imine (C=N–C) groups is 1. The molecule has 0 radical (unpaired) electrons. The van der Waals surface area contributed by atoms with Crippen molar-refractivity contribution in [2.75, 3.05) is 0 Å². The monoisotopic (exact) mass is 181 g/mol. The fourth-order valence-corrected chi connectivity index (χ4v) is 0.568. The van der Waals surface area contributed by atoms with Crippen molar-refractivity contribution in [2.45, 2.75) is 20.3 Å². The van der Waals surface area contributed by atoms with E-state index in [-0.39, 0.29) is 0 Å². The molecule has 0 saturated heterocycles. The van der Waals surface area contributed by atoms with Gasteiger partial charge in [0.15, 0.2) is 0 Å². The van der Waals surface area contributed by atoms with Gasteiger partial charge >= 0.3 is 0 Å². The molecule has 0 aliphatic rings. The van der Waals surface area contributed by atoms with E-state index in [4.69, 9.17) is 11.6 Å². The maximum absolute atomic E-state index is 5.74. The number of rotatable bonds is 2. The normalized spacial score (nSPS) is 11.1. The summed E-state index contributed by atoms with van der Waals surface area (Å²) in [4.78, 5) is 3.89. The van der Waals surface area contributed by atoms with Crippen molar-refractivity contribution >= 4 is 16.8 Å². The minimum Gasteiger partial charge on any atom is -0.244 e. The van der Waals surface area contributed by atoms with Gasteiger partial charge in [0, 0.05) is 12.6 Å². The molecule has 0 aromatic carbocycles. The fraction of sp³-hybridized carbons (Fsp3) is 0.300. The van der Waals surface area contributed by atoms with Crippen LogP contribution in [0, 0.1) is 11.8 Å². The first-order chi connectivity index (χ1) is 5.72. The van der Waals surface area contributed by atoms with Gasteiger partial charge in [-0.05, 0) is 6.92 Å². The van der Waals surface area contributed by atoms with Gasteiger partial charge in [0.2, 0.25) is 0 Å². The van der Waals surface area contributed by atoms with Crippen LogP contribution in [-0.4, -0.2) is 5.17 Å². The van der Waals surface area contributed by atoms with Gasteiger partial charge in [0.25, 0.3) is 0 Å². The van der Waals surface area contributed by atoms with E-state index in [9.17, 15) is 0 Å². The van der Waals surface area contributed by atoms with Crippen LogP contribution in [-0.2, 0) is 0 Å². The first-order valence-corrected chi connectivity index (χ1v) is 4.12. The lowest BCUT2D eigenvalue weighted by molar-refractivity contribution is 1.28. The van der Waals surface area contributed by atoms with Gasteiger partial charge in [-0.15, -0.1) is 0 Å². The predicted octanol–water partition coefficient (Wildman–Crippen LogP) is 3.13. The molecular formula is C10H12ClN. The SMILES string of the molecule is C=C(C#CCC)C(Cl)=N/C=C\C. The highest BCUT2D eigenvalue weighted by atomic mass is 35.5. The molecule has 0 aliphatic carbocycles. The Bertz CT molecular complexity index is 263. The van der Waals surface area contributed by atoms with Crippen LogP contribution in [0.5, 0.6) is 0 Å². The van der Waals surface area contributed by atoms with Crippen molar-refractivity contribution < 1.29 is 0 Å². The zero-order chi connectivity index (χ0) is 9.40. The van der Waals surface area contributed by atoms with Crippen LogP contribution in [0.3, 0.4) is 0 Å². The van der Waals surface area contributed by atoms with Gasteiger partial charge < -0.3 is 0 Å². The zero-order valence-corrected chi connectivity index (χ0v) is 8.15. The van der Waals surface area contributed by atoms with Crippen molar-refractivity contribution in [3.8, 4) is 11.8 Å². The lowest BCUT2D eigenvalue weighted by Gasteiger charge is -1.89. The van der Waals surface area contributed by atoms with E-state index in [1.54, 1.807) is 12.3 Å². The standard InChI is InChI=1S/C10H12ClN/c1-4-6-7-9(3)10(11)12-8-5-2/h5,8H,3-4H2,1-2H3/b8-5-,12-10?. The van der Waals surface area contributed by atoms with Crippen molar-refractivity contribution in [2.24, 2.45) is 4.99 Å². The fourth-order valence-electron chi connectivity index (χ4n) is 0.465. The summed E-state index contributed by atoms with van der Waals surface area (Å²) in [5, 5.41) is 0.356. The van der Waals surface area contributed by atoms with Gasteiger partial charge in [0.1, 0.15) is 5.17 Å². The van der Waals surface area contributed by atoms with Gasteiger partial charge in [-0.3, -0.25) is 0 Å². The average Bonchev–Trinajstić information content (AvgIpc) is 2.10. The quantitative estimate of drug-likeness (QED) is 0.459. The smallest absolute Gasteiger partial charge is 0.143 e. The van der Waals surface area contributed by atoms with Gasteiger partial charge in [0.05, 0.1) is 5.57 Å². The summed E-state index contributed by atoms with van der Waals surface area (Å²) in [7, 11) is 0. The lowest BCUT2D eigenvalue weighted by Crippen LogP contribution is -1.87. The summed E-state index contributed by atoms with van der Waals surface area (Å²) in [6.45, 7) is 7.51. The molecule has 0 N–H and O–H groups in total. The van der Waals surface area contributed by atoms with Crippen LogP contribution in [0.4, 0.5) is 0 Å². The molecule has 2 heteroatoms. The van der Waals surface area contributed by atoms with Gasteiger partial charge in [-0.2, -0.15) is 0 Å². The molecule has 0 aromatic rings. The zero-order valence-electron chi connectivity index (χ0n) is 7.39. The second-order valence-electron chi connectivity index (χ2n) is 2.04. The third kappa shape index (κ3) is 4.76. The van der Waals surface area contributed by atoms with Crippen LogP contribution in [0.1, 0.15) is 20.3 Å². The number of hydrogen-bond donors (Lipinski definition) is 0. The van der Waals surface area contributed by atoms with Crippen LogP contribution in [0.25, 0.3) is 0 Å². The molecular weight excluding hydrogens is 170 g/mol. The molecule has 0 unspecified atom stereocenters. The lowest BCUT2D eigenvalue weighted by atomic mass is 10.3. The Labute approximate surface area is 78.8 Å². The second-order valence-corrected chi connectivity index (χ2v) is 2.39. The van der Waals surface area contributed by atoms with E-state index in [1.165, 1.54) is 0 Å². The summed E-state index contributed by atoms with van der Waals surface area (Å²) in [6, 6.07) is 0. The van der Waals surface area contributed by atoms with Crippen LogP contribution >= 0.6 is 11.6 Å². The van der Waals surface area contributed by atoms with E-state index in [2.05, 4.69) is 23.4 Å².